The highest BCUT2D eigenvalue weighted by Crippen LogP contribution is 2.40. The van der Waals surface area contributed by atoms with Gasteiger partial charge in [-0.1, -0.05) is 59.0 Å². The molecule has 1 heterocycles. The van der Waals surface area contributed by atoms with Crippen LogP contribution in [0.4, 0.5) is 5.69 Å². The Kier molecular flexibility index (Phi) is 4.31. The van der Waals surface area contributed by atoms with Crippen molar-refractivity contribution >= 4 is 50.9 Å². The highest BCUT2D eigenvalue weighted by Gasteiger charge is 2.29. The van der Waals surface area contributed by atoms with Crippen molar-refractivity contribution in [2.24, 2.45) is 0 Å². The number of rotatable bonds is 3. The topological polar surface area (TPSA) is 3.24 Å². The molecule has 2 aromatic carbocycles. The minimum Gasteiger partial charge on any atom is -0.366 e. The second-order valence-electron chi connectivity index (χ2n) is 4.89. The first-order valence-corrected chi connectivity index (χ1v) is 9.03. The second kappa shape index (κ2) is 5.99. The van der Waals surface area contributed by atoms with Gasteiger partial charge in [-0.25, -0.2) is 0 Å². The van der Waals surface area contributed by atoms with E-state index in [4.69, 9.17) is 0 Å². The number of hydrogen-bond acceptors (Lipinski definition) is 1. The fourth-order valence-corrected chi connectivity index (χ4v) is 4.38. The van der Waals surface area contributed by atoms with Crippen LogP contribution in [0, 0.1) is 3.57 Å². The average Bonchev–Trinajstić information content (AvgIpc) is 2.80. The molecule has 1 aliphatic rings. The van der Waals surface area contributed by atoms with Crippen LogP contribution in [-0.4, -0.2) is 11.0 Å². The molecule has 3 heteroatoms. The summed E-state index contributed by atoms with van der Waals surface area (Å²) in [5.74, 6) is 0.674. The van der Waals surface area contributed by atoms with E-state index in [1.807, 2.05) is 0 Å². The van der Waals surface area contributed by atoms with Crippen LogP contribution in [0.15, 0.2) is 48.5 Å². The molecular formula is C16H15I2N. The first-order chi connectivity index (χ1) is 9.29. The zero-order valence-electron chi connectivity index (χ0n) is 10.5. The third-order valence-electron chi connectivity index (χ3n) is 3.62. The molecule has 3 rings (SSSR count). The van der Waals surface area contributed by atoms with Gasteiger partial charge in [0.15, 0.2) is 0 Å². The Hall–Kier alpha value is -0.300. The summed E-state index contributed by atoms with van der Waals surface area (Å²) in [6.07, 6.45) is 0. The Labute approximate surface area is 141 Å². The summed E-state index contributed by atoms with van der Waals surface area (Å²) in [5, 5.41) is 0. The number of alkyl halides is 1. The SMILES string of the molecule is ICC1CN(Cc2ccccc2)c2cccc(I)c21. The fraction of sp³-hybridized carbons (Fsp3) is 0.250. The molecule has 1 nitrogen and oxygen atoms in total. The van der Waals surface area contributed by atoms with Crippen molar-refractivity contribution in [3.63, 3.8) is 0 Å². The molecular weight excluding hydrogens is 460 g/mol. The molecule has 1 atom stereocenters. The monoisotopic (exact) mass is 475 g/mol. The van der Waals surface area contributed by atoms with Crippen molar-refractivity contribution in [2.45, 2.75) is 12.5 Å². The maximum Gasteiger partial charge on any atom is 0.0429 e. The van der Waals surface area contributed by atoms with E-state index in [1.165, 1.54) is 19.2 Å². The van der Waals surface area contributed by atoms with Crippen molar-refractivity contribution in [2.75, 3.05) is 15.9 Å². The lowest BCUT2D eigenvalue weighted by atomic mass is 10.0. The zero-order chi connectivity index (χ0) is 13.2. The molecule has 98 valence electrons. The van der Waals surface area contributed by atoms with E-state index >= 15 is 0 Å². The van der Waals surface area contributed by atoms with E-state index in [1.54, 1.807) is 5.56 Å². The van der Waals surface area contributed by atoms with Gasteiger partial charge in [-0.15, -0.1) is 0 Å². The van der Waals surface area contributed by atoms with Crippen LogP contribution in [0.5, 0.6) is 0 Å². The van der Waals surface area contributed by atoms with E-state index in [0.717, 1.165) is 13.1 Å². The minimum absolute atomic E-state index is 0.674. The van der Waals surface area contributed by atoms with Gasteiger partial charge >= 0.3 is 0 Å². The first kappa shape index (κ1) is 13.7. The summed E-state index contributed by atoms with van der Waals surface area (Å²) >= 11 is 4.99. The molecule has 0 saturated heterocycles. The maximum atomic E-state index is 2.52. The van der Waals surface area contributed by atoms with Crippen molar-refractivity contribution in [1.29, 1.82) is 0 Å². The summed E-state index contributed by atoms with van der Waals surface area (Å²) in [5.41, 5.74) is 4.37. The number of fused-ring (bicyclic) bond motifs is 1. The van der Waals surface area contributed by atoms with E-state index < -0.39 is 0 Å². The molecule has 0 N–H and O–H groups in total. The largest absolute Gasteiger partial charge is 0.366 e. The van der Waals surface area contributed by atoms with Gasteiger partial charge in [0, 0.05) is 32.7 Å². The summed E-state index contributed by atoms with van der Waals surface area (Å²) in [6.45, 7) is 2.16. The summed E-state index contributed by atoms with van der Waals surface area (Å²) < 4.78 is 2.60. The van der Waals surface area contributed by atoms with Gasteiger partial charge in [0.2, 0.25) is 0 Å². The summed E-state index contributed by atoms with van der Waals surface area (Å²) in [6, 6.07) is 17.4. The lowest BCUT2D eigenvalue weighted by Gasteiger charge is -2.20. The third kappa shape index (κ3) is 2.77. The Morgan fingerprint density at radius 3 is 2.58 bits per heavy atom. The maximum absolute atomic E-state index is 2.52. The van der Waals surface area contributed by atoms with Crippen molar-refractivity contribution < 1.29 is 0 Å². The average molecular weight is 475 g/mol. The van der Waals surface area contributed by atoms with Crippen LogP contribution in [0.3, 0.4) is 0 Å². The first-order valence-electron chi connectivity index (χ1n) is 6.43. The highest BCUT2D eigenvalue weighted by molar-refractivity contribution is 14.1. The van der Waals surface area contributed by atoms with E-state index in [9.17, 15) is 0 Å². The van der Waals surface area contributed by atoms with Crippen LogP contribution >= 0.6 is 45.2 Å². The van der Waals surface area contributed by atoms with Crippen LogP contribution in [-0.2, 0) is 6.54 Å². The number of nitrogens with zero attached hydrogens (tertiary/aromatic N) is 1. The molecule has 0 fully saturated rings. The molecule has 0 radical (unpaired) electrons. The Morgan fingerprint density at radius 2 is 1.84 bits per heavy atom. The Balaban J connectivity index is 1.92. The lowest BCUT2D eigenvalue weighted by Crippen LogP contribution is -2.21. The molecule has 0 saturated carbocycles. The van der Waals surface area contributed by atoms with Gasteiger partial charge in [-0.2, -0.15) is 0 Å². The van der Waals surface area contributed by atoms with E-state index in [2.05, 4.69) is 98.6 Å². The normalized spacial score (nSPS) is 17.6. The van der Waals surface area contributed by atoms with Crippen molar-refractivity contribution in [3.05, 3.63) is 63.2 Å². The van der Waals surface area contributed by atoms with Gasteiger partial charge in [0.25, 0.3) is 0 Å². The third-order valence-corrected chi connectivity index (χ3v) is 5.63. The zero-order valence-corrected chi connectivity index (χ0v) is 14.8. The van der Waals surface area contributed by atoms with Crippen molar-refractivity contribution in [1.82, 2.24) is 0 Å². The van der Waals surface area contributed by atoms with E-state index in [-0.39, 0.29) is 0 Å². The predicted octanol–water partition coefficient (Wildman–Crippen LogP) is 4.83. The number of anilines is 1. The molecule has 0 amide bonds. The Morgan fingerprint density at radius 1 is 1.05 bits per heavy atom. The van der Waals surface area contributed by atoms with Crippen LogP contribution in [0.1, 0.15) is 17.0 Å². The van der Waals surface area contributed by atoms with Gasteiger partial charge in [0.1, 0.15) is 0 Å². The number of halogens is 2. The molecule has 19 heavy (non-hydrogen) atoms. The van der Waals surface area contributed by atoms with Crippen LogP contribution < -0.4 is 4.90 Å². The second-order valence-corrected chi connectivity index (χ2v) is 6.93. The minimum atomic E-state index is 0.674. The van der Waals surface area contributed by atoms with E-state index in [0.29, 0.717) is 5.92 Å². The Bertz CT molecular complexity index is 568. The van der Waals surface area contributed by atoms with Crippen LogP contribution in [0.2, 0.25) is 0 Å². The molecule has 0 aromatic heterocycles. The van der Waals surface area contributed by atoms with Gasteiger partial charge in [0.05, 0.1) is 0 Å². The lowest BCUT2D eigenvalue weighted by molar-refractivity contribution is 0.758. The smallest absolute Gasteiger partial charge is 0.0429 e. The van der Waals surface area contributed by atoms with Crippen molar-refractivity contribution in [3.8, 4) is 0 Å². The number of hydrogen-bond donors (Lipinski definition) is 0. The molecule has 0 aliphatic carbocycles. The molecule has 1 aliphatic heterocycles. The van der Waals surface area contributed by atoms with Gasteiger partial charge in [-0.05, 0) is 45.9 Å². The standard InChI is InChI=1S/C16H15I2N/c17-9-13-11-19(10-12-5-2-1-3-6-12)15-8-4-7-14(18)16(13)15/h1-8,13H,9-11H2. The summed E-state index contributed by atoms with van der Waals surface area (Å²) in [7, 11) is 0. The quantitative estimate of drug-likeness (QED) is 0.455. The van der Waals surface area contributed by atoms with Gasteiger partial charge < -0.3 is 4.90 Å². The van der Waals surface area contributed by atoms with Gasteiger partial charge in [-0.3, -0.25) is 0 Å². The predicted molar refractivity (Wildman–Crippen MR) is 98.3 cm³/mol. The molecule has 0 bridgehead atoms. The van der Waals surface area contributed by atoms with Crippen LogP contribution in [0.25, 0.3) is 0 Å². The highest BCUT2D eigenvalue weighted by atomic mass is 127. The molecule has 0 spiro atoms. The number of benzene rings is 2. The molecule has 2 aromatic rings. The fourth-order valence-electron chi connectivity index (χ4n) is 2.74. The molecule has 1 unspecified atom stereocenters. The summed E-state index contributed by atoms with van der Waals surface area (Å²) in [4.78, 5) is 2.52.